The van der Waals surface area contributed by atoms with Gasteiger partial charge in [0.1, 0.15) is 5.75 Å². The number of halogens is 1. The van der Waals surface area contributed by atoms with E-state index < -0.39 is 6.04 Å². The molecule has 4 nitrogen and oxygen atoms in total. The molecular weight excluding hydrogens is 288 g/mol. The predicted molar refractivity (Wildman–Crippen MR) is 85.1 cm³/mol. The van der Waals surface area contributed by atoms with Gasteiger partial charge in [0, 0.05) is 28.4 Å². The number of methoxy groups -OCH3 is 1. The van der Waals surface area contributed by atoms with Crippen molar-refractivity contribution in [3.8, 4) is 5.75 Å². The summed E-state index contributed by atoms with van der Waals surface area (Å²) in [5, 5.41) is 0.559. The number of pyridine rings is 1. The lowest BCUT2D eigenvalue weighted by Crippen LogP contribution is -2.29. The summed E-state index contributed by atoms with van der Waals surface area (Å²) in [5.74, 6) is 0.620. The Bertz CT molecular complexity index is 710. The predicted octanol–water partition coefficient (Wildman–Crippen LogP) is 2.89. The number of hydrogen-bond donors (Lipinski definition) is 1. The Kier molecular flexibility index (Phi) is 4.70. The van der Waals surface area contributed by atoms with E-state index in [4.69, 9.17) is 22.1 Å². The van der Waals surface area contributed by atoms with Crippen molar-refractivity contribution in [1.29, 1.82) is 0 Å². The van der Waals surface area contributed by atoms with E-state index in [1.165, 1.54) is 0 Å². The van der Waals surface area contributed by atoms with E-state index in [0.717, 1.165) is 5.69 Å². The van der Waals surface area contributed by atoms with Crippen LogP contribution in [0.15, 0.2) is 35.1 Å². The molecule has 2 aromatic rings. The number of aromatic nitrogens is 1. The highest BCUT2D eigenvalue weighted by Gasteiger charge is 2.18. The summed E-state index contributed by atoms with van der Waals surface area (Å²) < 4.78 is 7.02. The Morgan fingerprint density at radius 1 is 1.29 bits per heavy atom. The van der Waals surface area contributed by atoms with Crippen molar-refractivity contribution in [3.05, 3.63) is 62.5 Å². The van der Waals surface area contributed by atoms with E-state index in [0.29, 0.717) is 28.4 Å². The molecule has 0 radical (unpaired) electrons. The standard InChI is InChI=1S/C16H19ClN2O2/c1-4-19-10(2)5-7-12(16(19)20)15(18)13-9-11(17)6-8-14(13)21-3/h5-9,15H,4,18H2,1-3H3. The smallest absolute Gasteiger partial charge is 0.255 e. The van der Waals surface area contributed by atoms with Crippen molar-refractivity contribution in [2.75, 3.05) is 7.11 Å². The molecule has 1 heterocycles. The van der Waals surface area contributed by atoms with Crippen LogP contribution in [0.1, 0.15) is 29.8 Å². The zero-order chi connectivity index (χ0) is 15.6. The quantitative estimate of drug-likeness (QED) is 0.945. The second-order valence-corrected chi connectivity index (χ2v) is 5.28. The normalized spacial score (nSPS) is 12.2. The van der Waals surface area contributed by atoms with E-state index in [9.17, 15) is 4.79 Å². The summed E-state index contributed by atoms with van der Waals surface area (Å²) in [6, 6.07) is 8.32. The lowest BCUT2D eigenvalue weighted by molar-refractivity contribution is 0.407. The summed E-state index contributed by atoms with van der Waals surface area (Å²) in [7, 11) is 1.57. The van der Waals surface area contributed by atoms with E-state index in [1.807, 2.05) is 19.9 Å². The van der Waals surface area contributed by atoms with Crippen LogP contribution in [0.25, 0.3) is 0 Å². The Hall–Kier alpha value is -1.78. The van der Waals surface area contributed by atoms with Crippen molar-refractivity contribution in [3.63, 3.8) is 0 Å². The van der Waals surface area contributed by atoms with E-state index in [-0.39, 0.29) is 5.56 Å². The highest BCUT2D eigenvalue weighted by molar-refractivity contribution is 6.30. The monoisotopic (exact) mass is 306 g/mol. The first kappa shape index (κ1) is 15.6. The SMILES string of the molecule is CCn1c(C)ccc(C(N)c2cc(Cl)ccc2OC)c1=O. The van der Waals surface area contributed by atoms with Gasteiger partial charge in [-0.25, -0.2) is 0 Å². The molecule has 0 spiro atoms. The fourth-order valence-corrected chi connectivity index (χ4v) is 2.61. The van der Waals surface area contributed by atoms with E-state index in [1.54, 1.807) is 35.9 Å². The van der Waals surface area contributed by atoms with Crippen LogP contribution in [0.5, 0.6) is 5.75 Å². The molecular formula is C16H19ClN2O2. The third-order valence-corrected chi connectivity index (χ3v) is 3.84. The molecule has 1 aromatic heterocycles. The minimum absolute atomic E-state index is 0.0768. The van der Waals surface area contributed by atoms with Crippen LogP contribution in [0, 0.1) is 6.92 Å². The maximum absolute atomic E-state index is 12.5. The molecule has 0 aliphatic rings. The van der Waals surface area contributed by atoms with Gasteiger partial charge >= 0.3 is 0 Å². The van der Waals surface area contributed by atoms with Gasteiger partial charge in [-0.3, -0.25) is 4.79 Å². The van der Waals surface area contributed by atoms with Gasteiger partial charge in [-0.1, -0.05) is 11.6 Å². The Morgan fingerprint density at radius 2 is 2.00 bits per heavy atom. The molecule has 0 amide bonds. The second kappa shape index (κ2) is 6.33. The molecule has 1 aromatic carbocycles. The molecule has 0 aliphatic heterocycles. The highest BCUT2D eigenvalue weighted by atomic mass is 35.5. The van der Waals surface area contributed by atoms with Gasteiger partial charge in [-0.2, -0.15) is 0 Å². The summed E-state index contributed by atoms with van der Waals surface area (Å²) >= 11 is 6.03. The van der Waals surface area contributed by atoms with Crippen molar-refractivity contribution in [2.24, 2.45) is 5.73 Å². The number of nitrogens with two attached hydrogens (primary N) is 1. The van der Waals surface area contributed by atoms with E-state index in [2.05, 4.69) is 0 Å². The summed E-state index contributed by atoms with van der Waals surface area (Å²) in [6.45, 7) is 4.45. The van der Waals surface area contributed by atoms with Crippen LogP contribution in [0.4, 0.5) is 0 Å². The number of ether oxygens (including phenoxy) is 1. The Labute approximate surface area is 129 Å². The number of rotatable bonds is 4. The first-order valence-corrected chi connectivity index (χ1v) is 7.16. The molecule has 112 valence electrons. The molecule has 0 saturated heterocycles. The number of aryl methyl sites for hydroxylation is 1. The molecule has 1 unspecified atom stereocenters. The van der Waals surface area contributed by atoms with Crippen LogP contribution in [-0.4, -0.2) is 11.7 Å². The fourth-order valence-electron chi connectivity index (χ4n) is 2.43. The van der Waals surface area contributed by atoms with Gasteiger partial charge in [-0.05, 0) is 44.2 Å². The first-order chi connectivity index (χ1) is 9.99. The molecule has 0 bridgehead atoms. The van der Waals surface area contributed by atoms with Gasteiger partial charge in [0.15, 0.2) is 0 Å². The largest absolute Gasteiger partial charge is 0.496 e. The molecule has 0 saturated carbocycles. The van der Waals surface area contributed by atoms with Crippen molar-refractivity contribution in [2.45, 2.75) is 26.4 Å². The molecule has 2 N–H and O–H groups in total. The van der Waals surface area contributed by atoms with Crippen LogP contribution < -0.4 is 16.0 Å². The van der Waals surface area contributed by atoms with Crippen LogP contribution >= 0.6 is 11.6 Å². The van der Waals surface area contributed by atoms with E-state index >= 15 is 0 Å². The molecule has 5 heteroatoms. The van der Waals surface area contributed by atoms with Gasteiger partial charge in [0.25, 0.3) is 5.56 Å². The molecule has 0 fully saturated rings. The Morgan fingerprint density at radius 3 is 2.62 bits per heavy atom. The van der Waals surface area contributed by atoms with Crippen LogP contribution in [0.3, 0.4) is 0 Å². The molecule has 1 atom stereocenters. The van der Waals surface area contributed by atoms with Crippen LogP contribution in [-0.2, 0) is 6.54 Å². The number of benzene rings is 1. The molecule has 0 aliphatic carbocycles. The van der Waals surface area contributed by atoms with Crippen molar-refractivity contribution < 1.29 is 4.74 Å². The lowest BCUT2D eigenvalue weighted by atomic mass is 9.99. The minimum Gasteiger partial charge on any atom is -0.496 e. The summed E-state index contributed by atoms with van der Waals surface area (Å²) in [6.07, 6.45) is 0. The number of nitrogens with zero attached hydrogens (tertiary/aromatic N) is 1. The number of hydrogen-bond acceptors (Lipinski definition) is 3. The summed E-state index contributed by atoms with van der Waals surface area (Å²) in [4.78, 5) is 12.5. The maximum atomic E-state index is 12.5. The molecule has 21 heavy (non-hydrogen) atoms. The third-order valence-electron chi connectivity index (χ3n) is 3.60. The minimum atomic E-state index is -0.579. The van der Waals surface area contributed by atoms with Gasteiger partial charge in [0.2, 0.25) is 0 Å². The fraction of sp³-hybridized carbons (Fsp3) is 0.312. The maximum Gasteiger partial charge on any atom is 0.255 e. The average Bonchev–Trinajstić information content (AvgIpc) is 2.47. The average molecular weight is 307 g/mol. The zero-order valence-corrected chi connectivity index (χ0v) is 13.1. The van der Waals surface area contributed by atoms with Gasteiger partial charge in [-0.15, -0.1) is 0 Å². The second-order valence-electron chi connectivity index (χ2n) is 4.84. The first-order valence-electron chi connectivity index (χ1n) is 6.79. The van der Waals surface area contributed by atoms with Gasteiger partial charge < -0.3 is 15.0 Å². The van der Waals surface area contributed by atoms with Crippen molar-refractivity contribution >= 4 is 11.6 Å². The Balaban J connectivity index is 2.58. The van der Waals surface area contributed by atoms with Crippen molar-refractivity contribution in [1.82, 2.24) is 4.57 Å². The topological polar surface area (TPSA) is 57.2 Å². The highest BCUT2D eigenvalue weighted by Crippen LogP contribution is 2.29. The molecule has 2 rings (SSSR count). The summed E-state index contributed by atoms with van der Waals surface area (Å²) in [5.41, 5.74) is 8.35. The third kappa shape index (κ3) is 2.96. The van der Waals surface area contributed by atoms with Crippen LogP contribution in [0.2, 0.25) is 5.02 Å². The van der Waals surface area contributed by atoms with Gasteiger partial charge in [0.05, 0.1) is 13.2 Å². The lowest BCUT2D eigenvalue weighted by Gasteiger charge is -2.18. The zero-order valence-electron chi connectivity index (χ0n) is 12.4.